The van der Waals surface area contributed by atoms with Gasteiger partial charge < -0.3 is 15.8 Å². The summed E-state index contributed by atoms with van der Waals surface area (Å²) in [7, 11) is 0. The molecule has 0 aliphatic heterocycles. The van der Waals surface area contributed by atoms with Crippen LogP contribution in [-0.2, 0) is 4.79 Å². The van der Waals surface area contributed by atoms with Gasteiger partial charge in [-0.1, -0.05) is 12.1 Å². The third-order valence-corrected chi connectivity index (χ3v) is 3.57. The molecule has 0 bridgehead atoms. The molecular formula is C16H26N2O2. The number of aryl methyl sites for hydroxylation is 1. The number of nitrogens with one attached hydrogen (secondary N) is 1. The van der Waals surface area contributed by atoms with Crippen molar-refractivity contribution in [1.29, 1.82) is 0 Å². The SMILES string of the molecule is Cc1cccc(OCCC(C)(NC(C)C)C(N)=O)c1C. The summed E-state index contributed by atoms with van der Waals surface area (Å²) in [6, 6.07) is 6.15. The van der Waals surface area contributed by atoms with E-state index in [-0.39, 0.29) is 11.9 Å². The highest BCUT2D eigenvalue weighted by molar-refractivity contribution is 5.84. The third kappa shape index (κ3) is 4.23. The van der Waals surface area contributed by atoms with Crippen LogP contribution >= 0.6 is 0 Å². The van der Waals surface area contributed by atoms with Crippen molar-refractivity contribution in [3.05, 3.63) is 29.3 Å². The molecule has 1 atom stereocenters. The summed E-state index contributed by atoms with van der Waals surface area (Å²) in [6.45, 7) is 10.3. The summed E-state index contributed by atoms with van der Waals surface area (Å²) >= 11 is 0. The maximum atomic E-state index is 11.6. The molecular weight excluding hydrogens is 252 g/mol. The Morgan fingerprint density at radius 3 is 2.60 bits per heavy atom. The molecule has 0 saturated carbocycles. The van der Waals surface area contributed by atoms with Gasteiger partial charge in [0, 0.05) is 12.5 Å². The normalized spacial score (nSPS) is 14.1. The van der Waals surface area contributed by atoms with Gasteiger partial charge in [0.1, 0.15) is 5.75 Å². The van der Waals surface area contributed by atoms with Crippen molar-refractivity contribution in [3.63, 3.8) is 0 Å². The highest BCUT2D eigenvalue weighted by atomic mass is 16.5. The Morgan fingerprint density at radius 1 is 1.40 bits per heavy atom. The van der Waals surface area contributed by atoms with Gasteiger partial charge in [-0.05, 0) is 51.8 Å². The van der Waals surface area contributed by atoms with Gasteiger partial charge in [0.25, 0.3) is 0 Å². The van der Waals surface area contributed by atoms with Crippen LogP contribution in [0.1, 0.15) is 38.3 Å². The zero-order valence-corrected chi connectivity index (χ0v) is 13.1. The Balaban J connectivity index is 2.65. The topological polar surface area (TPSA) is 64.3 Å². The summed E-state index contributed by atoms with van der Waals surface area (Å²) in [5.74, 6) is 0.511. The average molecular weight is 278 g/mol. The summed E-state index contributed by atoms with van der Waals surface area (Å²) in [5.41, 5.74) is 7.08. The Kier molecular flexibility index (Phi) is 5.57. The molecule has 3 N–H and O–H groups in total. The number of ether oxygens (including phenoxy) is 1. The predicted octanol–water partition coefficient (Wildman–Crippen LogP) is 2.31. The Bertz CT molecular complexity index is 472. The maximum absolute atomic E-state index is 11.6. The van der Waals surface area contributed by atoms with Crippen LogP contribution in [0.25, 0.3) is 0 Å². The number of benzene rings is 1. The summed E-state index contributed by atoms with van der Waals surface area (Å²) < 4.78 is 5.80. The van der Waals surface area contributed by atoms with E-state index in [2.05, 4.69) is 18.3 Å². The number of rotatable bonds is 7. The number of nitrogens with two attached hydrogens (primary N) is 1. The molecule has 0 spiro atoms. The molecule has 4 nitrogen and oxygen atoms in total. The van der Waals surface area contributed by atoms with Gasteiger partial charge in [-0.25, -0.2) is 0 Å². The molecule has 1 rings (SSSR count). The van der Waals surface area contributed by atoms with Crippen LogP contribution in [0.2, 0.25) is 0 Å². The second-order valence-corrected chi connectivity index (χ2v) is 5.79. The molecule has 0 heterocycles. The van der Waals surface area contributed by atoms with Gasteiger partial charge >= 0.3 is 0 Å². The van der Waals surface area contributed by atoms with E-state index in [9.17, 15) is 4.79 Å². The van der Waals surface area contributed by atoms with Crippen LogP contribution < -0.4 is 15.8 Å². The van der Waals surface area contributed by atoms with E-state index in [1.807, 2.05) is 39.8 Å². The summed E-state index contributed by atoms with van der Waals surface area (Å²) in [4.78, 5) is 11.6. The molecule has 0 fully saturated rings. The summed E-state index contributed by atoms with van der Waals surface area (Å²) in [6.07, 6.45) is 0.536. The Hall–Kier alpha value is -1.55. The van der Waals surface area contributed by atoms with Gasteiger partial charge in [-0.2, -0.15) is 0 Å². The van der Waals surface area contributed by atoms with Crippen LogP contribution in [0.5, 0.6) is 5.75 Å². The minimum absolute atomic E-state index is 0.188. The fourth-order valence-electron chi connectivity index (χ4n) is 2.15. The Morgan fingerprint density at radius 2 is 2.05 bits per heavy atom. The highest BCUT2D eigenvalue weighted by Gasteiger charge is 2.31. The molecule has 20 heavy (non-hydrogen) atoms. The molecule has 1 aromatic carbocycles. The minimum atomic E-state index is -0.744. The van der Waals surface area contributed by atoms with Crippen molar-refractivity contribution in [2.24, 2.45) is 5.73 Å². The van der Waals surface area contributed by atoms with E-state index in [4.69, 9.17) is 10.5 Å². The quantitative estimate of drug-likeness (QED) is 0.804. The first kappa shape index (κ1) is 16.5. The van der Waals surface area contributed by atoms with Gasteiger partial charge in [-0.15, -0.1) is 0 Å². The molecule has 4 heteroatoms. The molecule has 0 radical (unpaired) electrons. The summed E-state index contributed by atoms with van der Waals surface area (Å²) in [5, 5.41) is 3.21. The van der Waals surface area contributed by atoms with E-state index in [1.54, 1.807) is 0 Å². The maximum Gasteiger partial charge on any atom is 0.237 e. The van der Waals surface area contributed by atoms with E-state index in [0.29, 0.717) is 13.0 Å². The minimum Gasteiger partial charge on any atom is -0.493 e. The van der Waals surface area contributed by atoms with Crippen LogP contribution in [-0.4, -0.2) is 24.1 Å². The molecule has 0 saturated heterocycles. The van der Waals surface area contributed by atoms with Crippen LogP contribution in [0.15, 0.2) is 18.2 Å². The zero-order valence-electron chi connectivity index (χ0n) is 13.1. The lowest BCUT2D eigenvalue weighted by Crippen LogP contribution is -2.56. The monoisotopic (exact) mass is 278 g/mol. The fraction of sp³-hybridized carbons (Fsp3) is 0.562. The number of carbonyl (C=O) groups is 1. The van der Waals surface area contributed by atoms with Crippen LogP contribution in [0.3, 0.4) is 0 Å². The van der Waals surface area contributed by atoms with Crippen molar-refractivity contribution < 1.29 is 9.53 Å². The molecule has 0 aromatic heterocycles. The third-order valence-electron chi connectivity index (χ3n) is 3.57. The van der Waals surface area contributed by atoms with Crippen LogP contribution in [0.4, 0.5) is 0 Å². The van der Waals surface area contributed by atoms with E-state index >= 15 is 0 Å². The number of carbonyl (C=O) groups excluding carboxylic acids is 1. The van der Waals surface area contributed by atoms with E-state index < -0.39 is 5.54 Å². The number of hydrogen-bond acceptors (Lipinski definition) is 3. The predicted molar refractivity (Wildman–Crippen MR) is 81.9 cm³/mol. The number of hydrogen-bond donors (Lipinski definition) is 2. The first-order chi connectivity index (χ1) is 9.26. The molecule has 1 aromatic rings. The molecule has 0 aliphatic rings. The standard InChI is InChI=1S/C16H26N2O2/c1-11(2)18-16(5,15(17)19)9-10-20-14-8-6-7-12(3)13(14)4/h6-8,11,18H,9-10H2,1-5H3,(H2,17,19). The van der Waals surface area contributed by atoms with Gasteiger partial charge in [0.2, 0.25) is 5.91 Å². The number of amides is 1. The van der Waals surface area contributed by atoms with Gasteiger partial charge in [-0.3, -0.25) is 4.79 Å². The Labute approximate surface area is 121 Å². The van der Waals surface area contributed by atoms with E-state index in [0.717, 1.165) is 11.3 Å². The van der Waals surface area contributed by atoms with Crippen molar-refractivity contribution in [2.75, 3.05) is 6.61 Å². The molecule has 1 amide bonds. The van der Waals surface area contributed by atoms with Crippen molar-refractivity contribution in [1.82, 2.24) is 5.32 Å². The lowest BCUT2D eigenvalue weighted by molar-refractivity contribution is -0.124. The smallest absolute Gasteiger partial charge is 0.237 e. The van der Waals surface area contributed by atoms with Crippen molar-refractivity contribution >= 4 is 5.91 Å². The average Bonchev–Trinajstić information content (AvgIpc) is 2.33. The number of primary amides is 1. The van der Waals surface area contributed by atoms with Gasteiger partial charge in [0.15, 0.2) is 0 Å². The molecule has 112 valence electrons. The van der Waals surface area contributed by atoms with Crippen LogP contribution in [0, 0.1) is 13.8 Å². The van der Waals surface area contributed by atoms with Crippen molar-refractivity contribution in [2.45, 2.75) is 52.6 Å². The zero-order chi connectivity index (χ0) is 15.3. The second-order valence-electron chi connectivity index (χ2n) is 5.79. The first-order valence-electron chi connectivity index (χ1n) is 7.03. The second kappa shape index (κ2) is 6.75. The largest absolute Gasteiger partial charge is 0.493 e. The fourth-order valence-corrected chi connectivity index (χ4v) is 2.15. The molecule has 1 unspecified atom stereocenters. The lowest BCUT2D eigenvalue weighted by atomic mass is 9.96. The van der Waals surface area contributed by atoms with E-state index in [1.165, 1.54) is 5.56 Å². The van der Waals surface area contributed by atoms with Gasteiger partial charge in [0.05, 0.1) is 12.1 Å². The molecule has 0 aliphatic carbocycles. The van der Waals surface area contributed by atoms with Crippen molar-refractivity contribution in [3.8, 4) is 5.75 Å². The first-order valence-corrected chi connectivity index (χ1v) is 7.03. The highest BCUT2D eigenvalue weighted by Crippen LogP contribution is 2.21. The lowest BCUT2D eigenvalue weighted by Gasteiger charge is -2.29.